The summed E-state index contributed by atoms with van der Waals surface area (Å²) in [4.78, 5) is 29.9. The van der Waals surface area contributed by atoms with Gasteiger partial charge in [0.25, 0.3) is 0 Å². The third-order valence-corrected chi connectivity index (χ3v) is 5.08. The van der Waals surface area contributed by atoms with Gasteiger partial charge in [-0.1, -0.05) is 18.2 Å². The fraction of sp³-hybridized carbons (Fsp3) is 0.448. The van der Waals surface area contributed by atoms with Crippen LogP contribution < -0.4 is 4.74 Å². The number of rotatable bonds is 6. The molecule has 0 atom stereocenters. The number of hydrogen-bond donors (Lipinski definition) is 0. The number of carbonyl (C=O) groups excluding carboxylic acids is 2. The van der Waals surface area contributed by atoms with Crippen LogP contribution in [0.4, 0.5) is 35.9 Å². The lowest BCUT2D eigenvalue weighted by Crippen LogP contribution is -2.39. The number of halogens is 6. The first-order valence-corrected chi connectivity index (χ1v) is 12.6. The van der Waals surface area contributed by atoms with Crippen molar-refractivity contribution in [1.29, 1.82) is 0 Å². The van der Waals surface area contributed by atoms with E-state index in [2.05, 4.69) is 0 Å². The molecule has 42 heavy (non-hydrogen) atoms. The Morgan fingerprint density at radius 3 is 1.86 bits per heavy atom. The lowest BCUT2D eigenvalue weighted by Gasteiger charge is -2.26. The minimum atomic E-state index is -4.97. The van der Waals surface area contributed by atoms with Crippen LogP contribution in [0.5, 0.6) is 5.75 Å². The second kappa shape index (κ2) is 13.0. The standard InChI is InChI=1S/C29H33F6NO6/c1-18(11-12-36(24(37)40-26(2,3)4)42-25(38)41-27(5,6)7)20-9-8-10-23(15-20)39-17-19-13-21(28(30,31)32)16-22(14-19)29(33,34)35/h8-11,13-16H,12,17H2,1-7H3/b18-11+. The Morgan fingerprint density at radius 1 is 0.810 bits per heavy atom. The molecule has 0 radical (unpaired) electrons. The molecule has 0 fully saturated rings. The van der Waals surface area contributed by atoms with Gasteiger partial charge in [-0.25, -0.2) is 9.59 Å². The molecule has 0 heterocycles. The van der Waals surface area contributed by atoms with Crippen molar-refractivity contribution in [2.75, 3.05) is 6.54 Å². The topological polar surface area (TPSA) is 74.3 Å². The highest BCUT2D eigenvalue weighted by Gasteiger charge is 2.37. The van der Waals surface area contributed by atoms with Crippen molar-refractivity contribution in [3.63, 3.8) is 0 Å². The van der Waals surface area contributed by atoms with Crippen molar-refractivity contribution in [1.82, 2.24) is 5.06 Å². The van der Waals surface area contributed by atoms with Crippen molar-refractivity contribution in [2.24, 2.45) is 0 Å². The van der Waals surface area contributed by atoms with E-state index >= 15 is 0 Å². The molecule has 2 aromatic carbocycles. The quantitative estimate of drug-likeness (QED) is 0.186. The molecule has 2 rings (SSSR count). The van der Waals surface area contributed by atoms with Crippen LogP contribution >= 0.6 is 0 Å². The normalized spacial score (nSPS) is 12.9. The summed E-state index contributed by atoms with van der Waals surface area (Å²) in [6, 6.07) is 7.46. The molecule has 0 N–H and O–H groups in total. The number of allylic oxidation sites excluding steroid dienone is 1. The Bertz CT molecular complexity index is 1260. The van der Waals surface area contributed by atoms with Crippen molar-refractivity contribution in [3.8, 4) is 5.75 Å². The van der Waals surface area contributed by atoms with Gasteiger partial charge in [0.05, 0.1) is 17.7 Å². The summed E-state index contributed by atoms with van der Waals surface area (Å²) in [5, 5.41) is 0.676. The Balaban J connectivity index is 2.23. The summed E-state index contributed by atoms with van der Waals surface area (Å²) in [6.45, 7) is 10.6. The second-order valence-corrected chi connectivity index (χ2v) is 11.2. The van der Waals surface area contributed by atoms with E-state index in [9.17, 15) is 35.9 Å². The van der Waals surface area contributed by atoms with Gasteiger partial charge in [0.2, 0.25) is 0 Å². The van der Waals surface area contributed by atoms with E-state index in [1.807, 2.05) is 0 Å². The number of ether oxygens (including phenoxy) is 3. The third-order valence-electron chi connectivity index (χ3n) is 5.08. The zero-order chi connectivity index (χ0) is 32.1. The van der Waals surface area contributed by atoms with Gasteiger partial charge in [-0.15, -0.1) is 5.06 Å². The smallest absolute Gasteiger partial charge is 0.489 e. The van der Waals surface area contributed by atoms with Crippen molar-refractivity contribution < 1.29 is 55.0 Å². The number of amides is 1. The van der Waals surface area contributed by atoms with Crippen LogP contribution in [-0.4, -0.2) is 35.1 Å². The predicted octanol–water partition coefficient (Wildman–Crippen LogP) is 8.81. The first-order valence-electron chi connectivity index (χ1n) is 12.6. The average molecular weight is 606 g/mol. The highest BCUT2D eigenvalue weighted by molar-refractivity contribution is 5.71. The summed E-state index contributed by atoms with van der Waals surface area (Å²) in [5.41, 5.74) is -3.85. The molecule has 7 nitrogen and oxygen atoms in total. The molecule has 0 saturated carbocycles. The van der Waals surface area contributed by atoms with E-state index in [4.69, 9.17) is 19.0 Å². The number of alkyl halides is 6. The zero-order valence-electron chi connectivity index (χ0n) is 24.2. The van der Waals surface area contributed by atoms with Gasteiger partial charge in [-0.05, 0) is 95.5 Å². The molecule has 1 amide bonds. The van der Waals surface area contributed by atoms with Gasteiger partial charge < -0.3 is 14.2 Å². The van der Waals surface area contributed by atoms with Gasteiger partial charge in [-0.3, -0.25) is 4.84 Å². The SMILES string of the molecule is C/C(=C\CN(OC(=O)OC(C)(C)C)C(=O)OC(C)(C)C)c1cccc(OCc2cc(C(F)(F)F)cc(C(F)(F)F)c2)c1. The maximum absolute atomic E-state index is 13.2. The van der Waals surface area contributed by atoms with E-state index in [-0.39, 0.29) is 23.9 Å². The van der Waals surface area contributed by atoms with Gasteiger partial charge in [0, 0.05) is 0 Å². The van der Waals surface area contributed by atoms with E-state index in [0.29, 0.717) is 28.3 Å². The number of carbonyl (C=O) groups is 2. The number of nitrogens with zero attached hydrogens (tertiary/aromatic N) is 1. The molecule has 232 valence electrons. The largest absolute Gasteiger partial charge is 0.534 e. The molecule has 0 aromatic heterocycles. The second-order valence-electron chi connectivity index (χ2n) is 11.2. The summed E-state index contributed by atoms with van der Waals surface area (Å²) in [6.07, 6.45) is -10.5. The van der Waals surface area contributed by atoms with Crippen LogP contribution in [-0.2, 0) is 33.3 Å². The van der Waals surface area contributed by atoms with Crippen LogP contribution in [0, 0.1) is 0 Å². The molecular formula is C29H33F6NO6. The van der Waals surface area contributed by atoms with Crippen molar-refractivity contribution in [2.45, 2.75) is 78.6 Å². The lowest BCUT2D eigenvalue weighted by atomic mass is 10.0. The number of hydroxylamine groups is 2. The summed E-state index contributed by atoms with van der Waals surface area (Å²) in [5.74, 6) is 0.167. The zero-order valence-corrected chi connectivity index (χ0v) is 24.2. The molecule has 0 saturated heterocycles. The van der Waals surface area contributed by atoms with E-state index in [0.717, 1.165) is 0 Å². The Morgan fingerprint density at radius 2 is 1.36 bits per heavy atom. The van der Waals surface area contributed by atoms with E-state index in [1.165, 1.54) is 18.2 Å². The number of benzene rings is 2. The van der Waals surface area contributed by atoms with Gasteiger partial charge in [0.15, 0.2) is 0 Å². The number of hydrogen-bond acceptors (Lipinski definition) is 6. The highest BCUT2D eigenvalue weighted by atomic mass is 19.4. The average Bonchev–Trinajstić information content (AvgIpc) is 2.81. The summed E-state index contributed by atoms with van der Waals surface area (Å²) >= 11 is 0. The molecule has 0 aliphatic rings. The first kappa shape index (κ1) is 34.3. The van der Waals surface area contributed by atoms with E-state index < -0.39 is 53.5 Å². The summed E-state index contributed by atoms with van der Waals surface area (Å²) < 4.78 is 94.9. The monoisotopic (exact) mass is 605 g/mol. The molecule has 0 bridgehead atoms. The summed E-state index contributed by atoms with van der Waals surface area (Å²) in [7, 11) is 0. The van der Waals surface area contributed by atoms with Gasteiger partial charge >= 0.3 is 24.6 Å². The van der Waals surface area contributed by atoms with Crippen molar-refractivity contribution in [3.05, 3.63) is 70.8 Å². The fourth-order valence-corrected chi connectivity index (χ4v) is 3.26. The van der Waals surface area contributed by atoms with Crippen LogP contribution in [0.1, 0.15) is 70.7 Å². The Labute approximate surface area is 239 Å². The Kier molecular flexibility index (Phi) is 10.6. The molecular weight excluding hydrogens is 572 g/mol. The van der Waals surface area contributed by atoms with E-state index in [1.54, 1.807) is 60.6 Å². The maximum atomic E-state index is 13.2. The third kappa shape index (κ3) is 11.5. The molecule has 13 heteroatoms. The van der Waals surface area contributed by atoms with Gasteiger partial charge in [0.1, 0.15) is 23.6 Å². The van der Waals surface area contributed by atoms with Gasteiger partial charge in [-0.2, -0.15) is 26.3 Å². The lowest BCUT2D eigenvalue weighted by molar-refractivity contribution is -0.143. The molecule has 0 unspecified atom stereocenters. The van der Waals surface area contributed by atoms with Crippen LogP contribution in [0.25, 0.3) is 5.57 Å². The maximum Gasteiger partial charge on any atom is 0.534 e. The molecule has 2 aromatic rings. The van der Waals surface area contributed by atoms with Crippen LogP contribution in [0.15, 0.2) is 48.5 Å². The van der Waals surface area contributed by atoms with Crippen molar-refractivity contribution >= 4 is 17.8 Å². The molecule has 0 spiro atoms. The minimum absolute atomic E-state index is 0.0470. The minimum Gasteiger partial charge on any atom is -0.489 e. The predicted molar refractivity (Wildman–Crippen MR) is 141 cm³/mol. The fourth-order valence-electron chi connectivity index (χ4n) is 3.26. The Hall–Kier alpha value is -3.90. The first-order chi connectivity index (χ1) is 19.0. The molecule has 0 aliphatic carbocycles. The van der Waals surface area contributed by atoms with Crippen LogP contribution in [0.3, 0.4) is 0 Å². The molecule has 0 aliphatic heterocycles. The van der Waals surface area contributed by atoms with Crippen LogP contribution in [0.2, 0.25) is 0 Å². The highest BCUT2D eigenvalue weighted by Crippen LogP contribution is 2.36.